The van der Waals surface area contributed by atoms with Gasteiger partial charge in [0.25, 0.3) is 5.91 Å². The molecule has 0 saturated carbocycles. The number of aryl methyl sites for hydroxylation is 1. The van der Waals surface area contributed by atoms with E-state index < -0.39 is 34.2 Å². The van der Waals surface area contributed by atoms with E-state index in [9.17, 15) is 22.4 Å². The molecule has 146 valence electrons. The Kier molecular flexibility index (Phi) is 6.34. The van der Waals surface area contributed by atoms with Crippen LogP contribution in [0.4, 0.5) is 9.39 Å². The molecule has 0 atom stereocenters. The highest BCUT2D eigenvalue weighted by Crippen LogP contribution is 2.32. The van der Waals surface area contributed by atoms with E-state index in [0.717, 1.165) is 15.4 Å². The lowest BCUT2D eigenvalue weighted by Gasteiger charge is -2.19. The third-order valence-corrected chi connectivity index (χ3v) is 6.26. The number of benzene rings is 1. The summed E-state index contributed by atoms with van der Waals surface area (Å²) >= 11 is 1.20. The van der Waals surface area contributed by atoms with Crippen LogP contribution in [-0.4, -0.2) is 37.3 Å². The molecule has 0 unspecified atom stereocenters. The quantitative estimate of drug-likeness (QED) is 0.723. The number of thiophene rings is 1. The van der Waals surface area contributed by atoms with Crippen molar-refractivity contribution in [3.05, 3.63) is 51.7 Å². The summed E-state index contributed by atoms with van der Waals surface area (Å²) < 4.78 is 38.0. The number of hydrogen-bond acceptors (Lipinski definition) is 5. The predicted octanol–water partition coefficient (Wildman–Crippen LogP) is 2.00. The molecule has 1 aromatic carbocycles. The molecule has 7 nitrogen and oxygen atoms in total. The Bertz CT molecular complexity index is 969. The zero-order chi connectivity index (χ0) is 20.4. The number of hydrogen-bond donors (Lipinski definition) is 2. The summed E-state index contributed by atoms with van der Waals surface area (Å²) in [6.45, 7) is 2.97. The number of primary amides is 1. The van der Waals surface area contributed by atoms with E-state index in [1.807, 2.05) is 0 Å². The van der Waals surface area contributed by atoms with Crippen LogP contribution < -0.4 is 11.1 Å². The van der Waals surface area contributed by atoms with Crippen LogP contribution in [0.15, 0.2) is 24.3 Å². The van der Waals surface area contributed by atoms with E-state index in [4.69, 9.17) is 5.73 Å². The van der Waals surface area contributed by atoms with Gasteiger partial charge in [-0.05, 0) is 37.1 Å². The fourth-order valence-corrected chi connectivity index (χ4v) is 4.24. The van der Waals surface area contributed by atoms with Gasteiger partial charge in [0, 0.05) is 11.4 Å². The van der Waals surface area contributed by atoms with Crippen LogP contribution >= 0.6 is 11.3 Å². The molecule has 1 heterocycles. The van der Waals surface area contributed by atoms with Gasteiger partial charge >= 0.3 is 0 Å². The molecule has 0 bridgehead atoms. The molecule has 27 heavy (non-hydrogen) atoms. The molecule has 0 aliphatic carbocycles. The zero-order valence-electron chi connectivity index (χ0n) is 15.1. The third-order valence-electron chi connectivity index (χ3n) is 3.95. The molecule has 10 heteroatoms. The molecule has 3 N–H and O–H groups in total. The molecule has 0 radical (unpaired) electrons. The van der Waals surface area contributed by atoms with Crippen molar-refractivity contribution in [3.63, 3.8) is 0 Å². The smallest absolute Gasteiger partial charge is 0.251 e. The predicted molar refractivity (Wildman–Crippen MR) is 103 cm³/mol. The molecule has 0 aliphatic heterocycles. The lowest BCUT2D eigenvalue weighted by atomic mass is 10.1. The number of nitrogens with two attached hydrogens (primary N) is 1. The Labute approximate surface area is 161 Å². The largest absolute Gasteiger partial charge is 0.365 e. The van der Waals surface area contributed by atoms with Crippen molar-refractivity contribution in [2.24, 2.45) is 5.73 Å². The Morgan fingerprint density at radius 2 is 1.81 bits per heavy atom. The molecule has 2 amide bonds. The average Bonchev–Trinajstić information content (AvgIpc) is 2.82. The van der Waals surface area contributed by atoms with Crippen molar-refractivity contribution >= 4 is 38.2 Å². The van der Waals surface area contributed by atoms with Crippen molar-refractivity contribution in [1.82, 2.24) is 4.31 Å². The summed E-state index contributed by atoms with van der Waals surface area (Å²) in [5.74, 6) is -1.71. The Hall–Kier alpha value is -2.30. The Morgan fingerprint density at radius 3 is 2.33 bits per heavy atom. The number of nitrogens with zero attached hydrogens (tertiary/aromatic N) is 1. The molecule has 0 spiro atoms. The van der Waals surface area contributed by atoms with Crippen LogP contribution in [0.3, 0.4) is 0 Å². The molecule has 2 rings (SSSR count). The number of carbonyl (C=O) groups excluding carboxylic acids is 2. The van der Waals surface area contributed by atoms with E-state index in [1.165, 1.54) is 35.6 Å². The SMILES string of the molecule is Cc1sc(NC(=O)CN(Cc2ccc(F)cc2)S(C)(=O)=O)c(C(N)=O)c1C. The van der Waals surface area contributed by atoms with Gasteiger partial charge in [0.2, 0.25) is 15.9 Å². The van der Waals surface area contributed by atoms with Crippen molar-refractivity contribution < 1.29 is 22.4 Å². The van der Waals surface area contributed by atoms with Gasteiger partial charge in [0.15, 0.2) is 0 Å². The van der Waals surface area contributed by atoms with E-state index in [-0.39, 0.29) is 17.1 Å². The van der Waals surface area contributed by atoms with Crippen molar-refractivity contribution in [1.29, 1.82) is 0 Å². The number of nitrogens with one attached hydrogen (secondary N) is 1. The van der Waals surface area contributed by atoms with Crippen molar-refractivity contribution in [2.75, 3.05) is 18.1 Å². The maximum absolute atomic E-state index is 13.0. The molecule has 0 fully saturated rings. The van der Waals surface area contributed by atoms with Gasteiger partial charge in [-0.2, -0.15) is 4.31 Å². The summed E-state index contributed by atoms with van der Waals surface area (Å²) in [4.78, 5) is 24.8. The van der Waals surface area contributed by atoms with Crippen LogP contribution in [0, 0.1) is 19.7 Å². The molecule has 0 saturated heterocycles. The number of amides is 2. The van der Waals surface area contributed by atoms with Crippen LogP contribution in [0.25, 0.3) is 0 Å². The molecular weight excluding hydrogens is 393 g/mol. The fourth-order valence-electron chi connectivity index (χ4n) is 2.42. The first-order valence-electron chi connectivity index (χ1n) is 7.88. The second-order valence-corrected chi connectivity index (χ2v) is 9.26. The summed E-state index contributed by atoms with van der Waals surface area (Å²) in [7, 11) is -3.70. The monoisotopic (exact) mass is 413 g/mol. The van der Waals surface area contributed by atoms with Gasteiger partial charge in [-0.1, -0.05) is 12.1 Å². The van der Waals surface area contributed by atoms with E-state index in [2.05, 4.69) is 5.32 Å². The Balaban J connectivity index is 2.19. The van der Waals surface area contributed by atoms with Crippen LogP contribution in [-0.2, 0) is 21.4 Å². The van der Waals surface area contributed by atoms with E-state index >= 15 is 0 Å². The minimum atomic E-state index is -3.70. The summed E-state index contributed by atoms with van der Waals surface area (Å²) in [5, 5.41) is 2.85. The summed E-state index contributed by atoms with van der Waals surface area (Å²) in [6, 6.07) is 5.32. The second kappa shape index (κ2) is 8.15. The molecule has 1 aromatic heterocycles. The van der Waals surface area contributed by atoms with E-state index in [1.54, 1.807) is 13.8 Å². The minimum absolute atomic E-state index is 0.0856. The fraction of sp³-hybridized carbons (Fsp3) is 0.294. The minimum Gasteiger partial charge on any atom is -0.365 e. The number of rotatable bonds is 7. The van der Waals surface area contributed by atoms with Gasteiger partial charge in [0.1, 0.15) is 10.8 Å². The highest BCUT2D eigenvalue weighted by atomic mass is 32.2. The van der Waals surface area contributed by atoms with Crippen molar-refractivity contribution in [2.45, 2.75) is 20.4 Å². The van der Waals surface area contributed by atoms with Crippen LogP contribution in [0.5, 0.6) is 0 Å². The third kappa shape index (κ3) is 5.34. The number of halogens is 1. The van der Waals surface area contributed by atoms with Crippen molar-refractivity contribution in [3.8, 4) is 0 Å². The lowest BCUT2D eigenvalue weighted by molar-refractivity contribution is -0.116. The summed E-state index contributed by atoms with van der Waals surface area (Å²) in [6.07, 6.45) is 0.984. The molecular formula is C17H20FN3O4S2. The topological polar surface area (TPSA) is 110 Å². The normalized spacial score (nSPS) is 11.6. The number of carbonyl (C=O) groups is 2. The first-order chi connectivity index (χ1) is 12.5. The first-order valence-corrected chi connectivity index (χ1v) is 10.5. The van der Waals surface area contributed by atoms with Gasteiger partial charge in [0.05, 0.1) is 18.4 Å². The Morgan fingerprint density at radius 1 is 1.22 bits per heavy atom. The average molecular weight is 413 g/mol. The first kappa shape index (κ1) is 21.0. The molecule has 0 aliphatic rings. The lowest BCUT2D eigenvalue weighted by Crippen LogP contribution is -2.37. The van der Waals surface area contributed by atoms with Crippen LogP contribution in [0.1, 0.15) is 26.4 Å². The number of anilines is 1. The maximum Gasteiger partial charge on any atom is 0.251 e. The zero-order valence-corrected chi connectivity index (χ0v) is 16.7. The highest BCUT2D eigenvalue weighted by molar-refractivity contribution is 7.88. The summed E-state index contributed by atoms with van der Waals surface area (Å²) in [5.41, 5.74) is 6.80. The van der Waals surface area contributed by atoms with Gasteiger partial charge in [-0.25, -0.2) is 12.8 Å². The van der Waals surface area contributed by atoms with E-state index in [0.29, 0.717) is 11.1 Å². The van der Waals surface area contributed by atoms with Gasteiger partial charge in [-0.3, -0.25) is 9.59 Å². The highest BCUT2D eigenvalue weighted by Gasteiger charge is 2.23. The van der Waals surface area contributed by atoms with Crippen LogP contribution in [0.2, 0.25) is 0 Å². The molecule has 2 aromatic rings. The van der Waals surface area contributed by atoms with Gasteiger partial charge in [-0.15, -0.1) is 11.3 Å². The van der Waals surface area contributed by atoms with Gasteiger partial charge < -0.3 is 11.1 Å². The standard InChI is InChI=1S/C17H20FN3O4S2/c1-10-11(2)26-17(15(10)16(19)23)20-14(22)9-21(27(3,24)25)8-12-4-6-13(18)7-5-12/h4-7H,8-9H2,1-3H3,(H2,19,23)(H,20,22). The second-order valence-electron chi connectivity index (χ2n) is 6.06. The number of sulfonamides is 1. The maximum atomic E-state index is 13.0.